The molecule has 7 N–H and O–H groups in total. The van der Waals surface area contributed by atoms with Crippen LogP contribution in [0, 0.1) is 11.3 Å². The Balaban J connectivity index is 1.33. The number of unbranched alkanes of at least 4 members (excludes halogenated alkanes) is 18. The second-order valence-corrected chi connectivity index (χ2v) is 17.3. The second-order valence-electron chi connectivity index (χ2n) is 17.3. The van der Waals surface area contributed by atoms with Gasteiger partial charge < -0.3 is 45.4 Å². The maximum absolute atomic E-state index is 13.0. The van der Waals surface area contributed by atoms with Crippen molar-refractivity contribution in [1.29, 1.82) is 0 Å². The number of carbonyl (C=O) groups excluding carboxylic acids is 1. The zero-order valence-corrected chi connectivity index (χ0v) is 33.5. The van der Waals surface area contributed by atoms with Crippen LogP contribution in [0.15, 0.2) is 0 Å². The molecule has 8 atom stereocenters. The average Bonchev–Trinajstić information content (AvgIpc) is 3.17. The van der Waals surface area contributed by atoms with Gasteiger partial charge in [-0.2, -0.15) is 0 Å². The summed E-state index contributed by atoms with van der Waals surface area (Å²) < 4.78 is 11.2. The van der Waals surface area contributed by atoms with Gasteiger partial charge in [-0.25, -0.2) is 0 Å². The molecule has 4 rings (SSSR count). The van der Waals surface area contributed by atoms with Crippen LogP contribution in [0.1, 0.15) is 193 Å². The van der Waals surface area contributed by atoms with Crippen LogP contribution >= 0.6 is 0 Å². The zero-order chi connectivity index (χ0) is 38.3. The number of hydrogen-bond acceptors (Lipinski definition) is 9. The van der Waals surface area contributed by atoms with Gasteiger partial charge in [-0.15, -0.1) is 0 Å². The molecule has 1 aliphatic heterocycles. The molecule has 0 aromatic carbocycles. The van der Waals surface area contributed by atoms with Crippen molar-refractivity contribution >= 4 is 5.91 Å². The molecule has 0 aromatic heterocycles. The van der Waals surface area contributed by atoms with E-state index in [1.165, 1.54) is 135 Å². The molecular weight excluding hydrogens is 674 g/mol. The lowest BCUT2D eigenvalue weighted by molar-refractivity contribution is -0.303. The molecule has 10 heteroatoms. The van der Waals surface area contributed by atoms with Crippen molar-refractivity contribution in [2.75, 3.05) is 13.2 Å². The Morgan fingerprint density at radius 1 is 0.717 bits per heavy atom. The van der Waals surface area contributed by atoms with Crippen molar-refractivity contribution in [3.63, 3.8) is 0 Å². The Labute approximate surface area is 322 Å². The first kappa shape index (κ1) is 46.5. The fourth-order valence-corrected chi connectivity index (χ4v) is 9.10. The summed E-state index contributed by atoms with van der Waals surface area (Å²) in [6, 6.07) is -0.981. The van der Waals surface area contributed by atoms with Crippen molar-refractivity contribution < 1.29 is 44.9 Å². The molecule has 1 saturated heterocycles. The quantitative estimate of drug-likeness (QED) is 0.0370. The highest BCUT2D eigenvalue weighted by atomic mass is 16.7. The van der Waals surface area contributed by atoms with E-state index >= 15 is 0 Å². The van der Waals surface area contributed by atoms with Gasteiger partial charge in [0.1, 0.15) is 30.5 Å². The maximum atomic E-state index is 13.0. The predicted octanol–water partition coefficient (Wildman–Crippen LogP) is 6.97. The second kappa shape index (κ2) is 26.9. The van der Waals surface area contributed by atoms with E-state index in [1.807, 2.05) is 0 Å². The summed E-state index contributed by atoms with van der Waals surface area (Å²) in [4.78, 5) is 13.0. The fourth-order valence-electron chi connectivity index (χ4n) is 9.10. The van der Waals surface area contributed by atoms with E-state index in [0.717, 1.165) is 44.4 Å². The van der Waals surface area contributed by atoms with Crippen LogP contribution in [0.5, 0.6) is 0 Å². The minimum Gasteiger partial charge on any atom is -0.394 e. The molecule has 312 valence electrons. The molecule has 53 heavy (non-hydrogen) atoms. The SMILES string of the molecule is CCCCCCCCCCCCCC[C@@H](O)[C@@H](O)[C@H](CO[C@H]1O[C@H](CO)[C@H](O)[C@H](O)[C@H]1O)NC(=O)CCCCCCCCCCC12CCC(CC1)CC2. The van der Waals surface area contributed by atoms with Gasteiger partial charge in [-0.05, 0) is 69.1 Å². The van der Waals surface area contributed by atoms with Crippen LogP contribution in [0.2, 0.25) is 0 Å². The van der Waals surface area contributed by atoms with E-state index in [9.17, 15) is 35.4 Å². The average molecular weight is 756 g/mol. The lowest BCUT2D eigenvalue weighted by Crippen LogP contribution is -2.60. The molecule has 4 fully saturated rings. The number of ether oxygens (including phenoxy) is 2. The first-order valence-electron chi connectivity index (χ1n) is 22.3. The van der Waals surface area contributed by atoms with Gasteiger partial charge in [0, 0.05) is 6.42 Å². The van der Waals surface area contributed by atoms with Crippen LogP contribution < -0.4 is 5.32 Å². The Morgan fingerprint density at radius 2 is 1.23 bits per heavy atom. The van der Waals surface area contributed by atoms with E-state index in [4.69, 9.17) is 9.47 Å². The van der Waals surface area contributed by atoms with E-state index < -0.39 is 55.6 Å². The Bertz CT molecular complexity index is 916. The van der Waals surface area contributed by atoms with Crippen molar-refractivity contribution in [3.05, 3.63) is 0 Å². The van der Waals surface area contributed by atoms with Crippen molar-refractivity contribution in [1.82, 2.24) is 5.32 Å². The first-order chi connectivity index (χ1) is 25.7. The lowest BCUT2D eigenvalue weighted by atomic mass is 9.59. The lowest BCUT2D eigenvalue weighted by Gasteiger charge is -2.47. The molecule has 0 aromatic rings. The van der Waals surface area contributed by atoms with Gasteiger partial charge in [0.2, 0.25) is 5.91 Å². The summed E-state index contributed by atoms with van der Waals surface area (Å²) in [5.74, 6) is 0.780. The third-order valence-electron chi connectivity index (χ3n) is 12.9. The van der Waals surface area contributed by atoms with Crippen LogP contribution in [0.4, 0.5) is 0 Å². The molecular formula is C43H81NO9. The molecule has 0 spiro atoms. The highest BCUT2D eigenvalue weighted by molar-refractivity contribution is 5.76. The molecule has 2 bridgehead atoms. The van der Waals surface area contributed by atoms with Gasteiger partial charge >= 0.3 is 0 Å². The number of carbonyl (C=O) groups is 1. The largest absolute Gasteiger partial charge is 0.394 e. The summed E-state index contributed by atoms with van der Waals surface area (Å²) in [6.07, 6.45) is 24.8. The number of fused-ring (bicyclic) bond motifs is 3. The minimum absolute atomic E-state index is 0.250. The van der Waals surface area contributed by atoms with Gasteiger partial charge in [0.05, 0.1) is 25.4 Å². The summed E-state index contributed by atoms with van der Waals surface area (Å²) in [5.41, 5.74) is 0.681. The van der Waals surface area contributed by atoms with E-state index in [-0.39, 0.29) is 12.5 Å². The molecule has 3 saturated carbocycles. The zero-order valence-electron chi connectivity index (χ0n) is 33.5. The monoisotopic (exact) mass is 756 g/mol. The summed E-state index contributed by atoms with van der Waals surface area (Å²) >= 11 is 0. The van der Waals surface area contributed by atoms with Crippen LogP contribution in [-0.4, -0.2) is 98.7 Å². The summed E-state index contributed by atoms with van der Waals surface area (Å²) in [7, 11) is 0. The third-order valence-corrected chi connectivity index (χ3v) is 12.9. The Hall–Kier alpha value is -0.850. The third kappa shape index (κ3) is 17.4. The van der Waals surface area contributed by atoms with Gasteiger partial charge in [0.25, 0.3) is 0 Å². The van der Waals surface area contributed by atoms with Crippen molar-refractivity contribution in [2.24, 2.45) is 11.3 Å². The van der Waals surface area contributed by atoms with Crippen LogP contribution in [0.25, 0.3) is 0 Å². The number of amides is 1. The molecule has 4 aliphatic rings. The van der Waals surface area contributed by atoms with E-state index in [1.54, 1.807) is 0 Å². The van der Waals surface area contributed by atoms with Crippen molar-refractivity contribution in [3.8, 4) is 0 Å². The molecule has 1 heterocycles. The summed E-state index contributed by atoms with van der Waals surface area (Å²) in [5, 5.41) is 65.1. The van der Waals surface area contributed by atoms with Crippen LogP contribution in [-0.2, 0) is 14.3 Å². The number of nitrogens with one attached hydrogen (secondary N) is 1. The van der Waals surface area contributed by atoms with Crippen molar-refractivity contribution in [2.45, 2.75) is 242 Å². The van der Waals surface area contributed by atoms with Gasteiger partial charge in [0.15, 0.2) is 6.29 Å². The summed E-state index contributed by atoms with van der Waals surface area (Å²) in [6.45, 7) is 1.35. The van der Waals surface area contributed by atoms with E-state index in [2.05, 4.69) is 12.2 Å². The predicted molar refractivity (Wildman–Crippen MR) is 209 cm³/mol. The number of rotatable bonds is 31. The molecule has 3 aliphatic carbocycles. The smallest absolute Gasteiger partial charge is 0.220 e. The standard InChI is InChI=1S/C43H81NO9/c1-2-3-4-5-6-7-8-9-10-13-16-19-22-35(46)38(48)34(32-52-42-41(51)40(50)39(49)36(31-45)53-42)44-37(47)23-20-17-14-11-12-15-18-21-27-43-28-24-33(25-29-43)26-30-43/h33-36,38-42,45-46,48-51H,2-32H2,1H3,(H,44,47)/t33?,34-,35+,36+,38-,39-,40-,41+,42-,43?/m0/s1. The Kier molecular flexibility index (Phi) is 23.6. The first-order valence-corrected chi connectivity index (χ1v) is 22.3. The minimum atomic E-state index is -1.60. The number of aliphatic hydroxyl groups excluding tert-OH is 6. The maximum Gasteiger partial charge on any atom is 0.220 e. The topological polar surface area (TPSA) is 169 Å². The van der Waals surface area contributed by atoms with E-state index in [0.29, 0.717) is 18.3 Å². The molecule has 1 amide bonds. The highest BCUT2D eigenvalue weighted by Crippen LogP contribution is 2.52. The van der Waals surface area contributed by atoms with Crippen LogP contribution in [0.3, 0.4) is 0 Å². The van der Waals surface area contributed by atoms with Gasteiger partial charge in [-0.1, -0.05) is 129 Å². The number of hydrogen-bond donors (Lipinski definition) is 7. The highest BCUT2D eigenvalue weighted by Gasteiger charge is 2.44. The Morgan fingerprint density at radius 3 is 1.77 bits per heavy atom. The molecule has 0 radical (unpaired) electrons. The fraction of sp³-hybridized carbons (Fsp3) is 0.977. The number of aliphatic hydroxyl groups is 6. The normalized spacial score (nSPS) is 28.9. The molecule has 10 nitrogen and oxygen atoms in total. The van der Waals surface area contributed by atoms with Gasteiger partial charge in [-0.3, -0.25) is 4.79 Å². The molecule has 0 unspecified atom stereocenters.